The van der Waals surface area contributed by atoms with Crippen molar-refractivity contribution in [2.45, 2.75) is 6.54 Å². The fourth-order valence-electron chi connectivity index (χ4n) is 2.58. The highest BCUT2D eigenvalue weighted by molar-refractivity contribution is 7.03. The number of hydrogen-bond donors (Lipinski definition) is 0. The van der Waals surface area contributed by atoms with E-state index in [1.54, 1.807) is 6.20 Å². The van der Waals surface area contributed by atoms with E-state index in [-0.39, 0.29) is 0 Å². The zero-order valence-corrected chi connectivity index (χ0v) is 14.3. The average molecular weight is 344 g/mol. The number of pyridine rings is 1. The standard InChI is InChI=1S/C20H16N4S/c1-3-9-16(10-4-1)15-24-19(17-11-5-2-6-12-17)23-25-20(24)22-18-13-7-8-14-21-18/h1-14H,15H2/b22-20-. The molecule has 4 nitrogen and oxygen atoms in total. The van der Waals surface area contributed by atoms with Gasteiger partial charge in [0.2, 0.25) is 4.80 Å². The van der Waals surface area contributed by atoms with Gasteiger partial charge in [0.05, 0.1) is 6.54 Å². The van der Waals surface area contributed by atoms with Gasteiger partial charge in [0, 0.05) is 23.3 Å². The molecular formula is C20H16N4S. The molecule has 0 amide bonds. The Morgan fingerprint density at radius 2 is 1.56 bits per heavy atom. The van der Waals surface area contributed by atoms with Crippen LogP contribution in [0.25, 0.3) is 11.4 Å². The van der Waals surface area contributed by atoms with Crippen LogP contribution < -0.4 is 4.80 Å². The summed E-state index contributed by atoms with van der Waals surface area (Å²) in [6.45, 7) is 0.716. The summed E-state index contributed by atoms with van der Waals surface area (Å²) in [5.41, 5.74) is 2.29. The smallest absolute Gasteiger partial charge is 0.211 e. The first kappa shape index (κ1) is 15.5. The molecule has 0 saturated carbocycles. The molecule has 4 aromatic rings. The summed E-state index contributed by atoms with van der Waals surface area (Å²) in [6, 6.07) is 26.3. The molecule has 2 aromatic carbocycles. The average Bonchev–Trinajstić information content (AvgIpc) is 3.06. The summed E-state index contributed by atoms with van der Waals surface area (Å²) in [7, 11) is 0. The molecule has 5 heteroatoms. The topological polar surface area (TPSA) is 43.1 Å². The summed E-state index contributed by atoms with van der Waals surface area (Å²) in [4.78, 5) is 9.83. The number of benzene rings is 2. The molecule has 0 bridgehead atoms. The second-order valence-corrected chi connectivity index (χ2v) is 6.26. The van der Waals surface area contributed by atoms with Crippen molar-refractivity contribution in [1.29, 1.82) is 0 Å². The van der Waals surface area contributed by atoms with E-state index in [0.717, 1.165) is 16.2 Å². The van der Waals surface area contributed by atoms with Crippen molar-refractivity contribution in [2.24, 2.45) is 4.99 Å². The number of hydrogen-bond acceptors (Lipinski definition) is 4. The summed E-state index contributed by atoms with van der Waals surface area (Å²) < 4.78 is 6.80. The van der Waals surface area contributed by atoms with Crippen molar-refractivity contribution in [3.63, 3.8) is 0 Å². The Morgan fingerprint density at radius 3 is 2.28 bits per heavy atom. The first-order valence-corrected chi connectivity index (χ1v) is 8.79. The Kier molecular flexibility index (Phi) is 4.48. The van der Waals surface area contributed by atoms with Crippen LogP contribution >= 0.6 is 11.5 Å². The highest BCUT2D eigenvalue weighted by atomic mass is 32.1. The zero-order valence-electron chi connectivity index (χ0n) is 13.5. The van der Waals surface area contributed by atoms with Crippen LogP contribution in [-0.4, -0.2) is 13.9 Å². The van der Waals surface area contributed by atoms with E-state index < -0.39 is 0 Å². The van der Waals surface area contributed by atoms with E-state index in [9.17, 15) is 0 Å². The Hall–Kier alpha value is -3.05. The van der Waals surface area contributed by atoms with Crippen LogP contribution in [0.15, 0.2) is 90.1 Å². The highest BCUT2D eigenvalue weighted by Gasteiger charge is 2.10. The van der Waals surface area contributed by atoms with Gasteiger partial charge in [0.15, 0.2) is 11.6 Å². The van der Waals surface area contributed by atoms with Gasteiger partial charge < -0.3 is 0 Å². The molecule has 0 saturated heterocycles. The van der Waals surface area contributed by atoms with Crippen LogP contribution in [0, 0.1) is 0 Å². The second-order valence-electron chi connectivity index (χ2n) is 5.53. The number of nitrogens with zero attached hydrogens (tertiary/aromatic N) is 4. The van der Waals surface area contributed by atoms with Crippen molar-refractivity contribution in [1.82, 2.24) is 13.9 Å². The van der Waals surface area contributed by atoms with E-state index in [1.165, 1.54) is 17.1 Å². The molecule has 0 unspecified atom stereocenters. The minimum absolute atomic E-state index is 0.688. The molecule has 4 rings (SSSR count). The van der Waals surface area contributed by atoms with Crippen LogP contribution in [0.1, 0.15) is 5.56 Å². The number of aromatic nitrogens is 3. The number of rotatable bonds is 4. The molecule has 0 aliphatic rings. The lowest BCUT2D eigenvalue weighted by atomic mass is 10.2. The molecule has 0 N–H and O–H groups in total. The molecule has 0 radical (unpaired) electrons. The molecule has 0 fully saturated rings. The van der Waals surface area contributed by atoms with Crippen molar-refractivity contribution in [3.05, 3.63) is 95.4 Å². The monoisotopic (exact) mass is 344 g/mol. The Balaban J connectivity index is 1.85. The molecule has 2 aromatic heterocycles. The lowest BCUT2D eigenvalue weighted by Gasteiger charge is -2.07. The van der Waals surface area contributed by atoms with Crippen LogP contribution in [-0.2, 0) is 6.54 Å². The van der Waals surface area contributed by atoms with Gasteiger partial charge in [0.25, 0.3) is 0 Å². The Bertz CT molecular complexity index is 1010. The van der Waals surface area contributed by atoms with Crippen LogP contribution in [0.5, 0.6) is 0 Å². The normalized spacial score (nSPS) is 11.6. The van der Waals surface area contributed by atoms with Crippen molar-refractivity contribution >= 4 is 17.4 Å². The fraction of sp³-hybridized carbons (Fsp3) is 0.0500. The molecule has 122 valence electrons. The van der Waals surface area contributed by atoms with Gasteiger partial charge in [-0.25, -0.2) is 4.98 Å². The minimum atomic E-state index is 0.688. The molecule has 25 heavy (non-hydrogen) atoms. The van der Waals surface area contributed by atoms with Gasteiger partial charge in [-0.15, -0.1) is 0 Å². The third kappa shape index (κ3) is 3.56. The molecule has 2 heterocycles. The summed E-state index contributed by atoms with van der Waals surface area (Å²) in [5, 5.41) is 0. The second kappa shape index (κ2) is 7.23. The van der Waals surface area contributed by atoms with E-state index >= 15 is 0 Å². The summed E-state index contributed by atoms with van der Waals surface area (Å²) in [6.07, 6.45) is 1.75. The van der Waals surface area contributed by atoms with Gasteiger partial charge in [0.1, 0.15) is 0 Å². The third-order valence-electron chi connectivity index (χ3n) is 3.78. The maximum absolute atomic E-state index is 4.69. The summed E-state index contributed by atoms with van der Waals surface area (Å²) in [5.74, 6) is 1.61. The predicted molar refractivity (Wildman–Crippen MR) is 101 cm³/mol. The first-order chi connectivity index (χ1) is 12.4. The largest absolute Gasteiger partial charge is 0.295 e. The molecular weight excluding hydrogens is 328 g/mol. The van der Waals surface area contributed by atoms with Crippen molar-refractivity contribution in [2.75, 3.05) is 0 Å². The minimum Gasteiger partial charge on any atom is -0.295 e. The van der Waals surface area contributed by atoms with Crippen LogP contribution in [0.3, 0.4) is 0 Å². The first-order valence-electron chi connectivity index (χ1n) is 8.02. The maximum atomic E-state index is 4.69. The quantitative estimate of drug-likeness (QED) is 0.554. The van der Waals surface area contributed by atoms with Crippen LogP contribution in [0.2, 0.25) is 0 Å². The van der Waals surface area contributed by atoms with Gasteiger partial charge in [-0.2, -0.15) is 9.37 Å². The lowest BCUT2D eigenvalue weighted by molar-refractivity contribution is 0.769. The Morgan fingerprint density at radius 1 is 0.840 bits per heavy atom. The molecule has 0 aliphatic heterocycles. The van der Waals surface area contributed by atoms with E-state index in [1.807, 2.05) is 54.6 Å². The van der Waals surface area contributed by atoms with Gasteiger partial charge in [-0.3, -0.25) is 4.57 Å². The molecule has 0 atom stereocenters. The third-order valence-corrected chi connectivity index (χ3v) is 4.51. The van der Waals surface area contributed by atoms with Gasteiger partial charge in [-0.05, 0) is 17.7 Å². The fourth-order valence-corrected chi connectivity index (χ4v) is 3.33. The van der Waals surface area contributed by atoms with Crippen LogP contribution in [0.4, 0.5) is 5.82 Å². The predicted octanol–water partition coefficient (Wildman–Crippen LogP) is 4.29. The van der Waals surface area contributed by atoms with E-state index in [2.05, 4.69) is 38.2 Å². The lowest BCUT2D eigenvalue weighted by Crippen LogP contribution is -2.16. The van der Waals surface area contributed by atoms with Crippen molar-refractivity contribution in [3.8, 4) is 11.4 Å². The summed E-state index contributed by atoms with van der Waals surface area (Å²) >= 11 is 1.39. The molecule has 0 spiro atoms. The van der Waals surface area contributed by atoms with Crippen molar-refractivity contribution < 1.29 is 0 Å². The SMILES string of the molecule is c1ccc(Cn2c(-c3ccccc3)ns/c2=N\c2ccccn2)cc1. The molecule has 0 aliphatic carbocycles. The van der Waals surface area contributed by atoms with E-state index in [4.69, 9.17) is 4.99 Å². The van der Waals surface area contributed by atoms with E-state index in [0.29, 0.717) is 12.4 Å². The van der Waals surface area contributed by atoms with Gasteiger partial charge in [-0.1, -0.05) is 66.7 Å². The van der Waals surface area contributed by atoms with Gasteiger partial charge >= 0.3 is 0 Å². The highest BCUT2D eigenvalue weighted by Crippen LogP contribution is 2.18. The maximum Gasteiger partial charge on any atom is 0.211 e. The Labute approximate surface area is 150 Å². The zero-order chi connectivity index (χ0) is 16.9.